The van der Waals surface area contributed by atoms with Gasteiger partial charge in [-0.1, -0.05) is 18.2 Å². The average molecular weight is 248 g/mol. The molecule has 0 heterocycles. The van der Waals surface area contributed by atoms with Crippen molar-refractivity contribution in [3.8, 4) is 0 Å². The Hall–Kier alpha value is -1.55. The number of benzene rings is 1. The van der Waals surface area contributed by atoms with Gasteiger partial charge < -0.3 is 15.5 Å². The van der Waals surface area contributed by atoms with E-state index in [0.717, 1.165) is 18.8 Å². The van der Waals surface area contributed by atoms with E-state index in [1.54, 1.807) is 0 Å². The first-order valence-corrected chi connectivity index (χ1v) is 6.35. The molecule has 4 nitrogen and oxygen atoms in total. The second-order valence-corrected chi connectivity index (χ2v) is 4.70. The van der Waals surface area contributed by atoms with Crippen LogP contribution in [0.3, 0.4) is 0 Å². The lowest BCUT2D eigenvalue weighted by molar-refractivity contribution is 0.262. The molecule has 100 valence electrons. The van der Waals surface area contributed by atoms with Crippen LogP contribution in [0.1, 0.15) is 13.8 Å². The van der Waals surface area contributed by atoms with Gasteiger partial charge in [-0.25, -0.2) is 4.99 Å². The number of guanidine groups is 1. The van der Waals surface area contributed by atoms with Crippen molar-refractivity contribution in [3.63, 3.8) is 0 Å². The number of rotatable bonds is 5. The van der Waals surface area contributed by atoms with Crippen LogP contribution < -0.4 is 5.73 Å². The summed E-state index contributed by atoms with van der Waals surface area (Å²) >= 11 is 0. The van der Waals surface area contributed by atoms with E-state index in [1.165, 1.54) is 0 Å². The minimum absolute atomic E-state index is 0.345. The van der Waals surface area contributed by atoms with E-state index in [4.69, 9.17) is 5.73 Å². The predicted molar refractivity (Wildman–Crippen MR) is 78.1 cm³/mol. The highest BCUT2D eigenvalue weighted by Gasteiger charge is 2.14. The van der Waals surface area contributed by atoms with E-state index in [2.05, 4.69) is 42.7 Å². The van der Waals surface area contributed by atoms with Gasteiger partial charge in [0.15, 0.2) is 5.96 Å². The molecule has 0 spiro atoms. The van der Waals surface area contributed by atoms with Crippen molar-refractivity contribution in [2.45, 2.75) is 19.9 Å². The molecule has 1 rings (SSSR count). The van der Waals surface area contributed by atoms with Gasteiger partial charge in [0.1, 0.15) is 0 Å². The summed E-state index contributed by atoms with van der Waals surface area (Å²) < 4.78 is 0. The van der Waals surface area contributed by atoms with Crippen LogP contribution in [0, 0.1) is 0 Å². The summed E-state index contributed by atoms with van der Waals surface area (Å²) in [4.78, 5) is 8.73. The van der Waals surface area contributed by atoms with Gasteiger partial charge in [-0.05, 0) is 40.1 Å². The summed E-state index contributed by atoms with van der Waals surface area (Å²) in [5.74, 6) is 0.582. The van der Waals surface area contributed by atoms with Crippen LogP contribution in [0.15, 0.2) is 35.3 Å². The van der Waals surface area contributed by atoms with Gasteiger partial charge in [0.05, 0.1) is 5.69 Å². The van der Waals surface area contributed by atoms with Crippen LogP contribution in [0.2, 0.25) is 0 Å². The third-order valence-electron chi connectivity index (χ3n) is 2.80. The Kier molecular flexibility index (Phi) is 5.65. The van der Waals surface area contributed by atoms with Crippen molar-refractivity contribution < 1.29 is 0 Å². The molecule has 1 unspecified atom stereocenters. The van der Waals surface area contributed by atoms with E-state index >= 15 is 0 Å². The van der Waals surface area contributed by atoms with Crippen molar-refractivity contribution in [3.05, 3.63) is 30.3 Å². The molecule has 0 aliphatic heterocycles. The fourth-order valence-electron chi connectivity index (χ4n) is 2.03. The number of hydrogen-bond donors (Lipinski definition) is 1. The number of nitrogens with zero attached hydrogens (tertiary/aromatic N) is 3. The highest BCUT2D eigenvalue weighted by Crippen LogP contribution is 2.11. The Bertz CT molecular complexity index is 373. The van der Waals surface area contributed by atoms with Gasteiger partial charge in [0.2, 0.25) is 0 Å². The summed E-state index contributed by atoms with van der Waals surface area (Å²) in [5.41, 5.74) is 6.99. The normalized spacial score (nSPS) is 13.7. The maximum atomic E-state index is 6.09. The van der Waals surface area contributed by atoms with Crippen LogP contribution in [0.25, 0.3) is 0 Å². The molecule has 0 fully saturated rings. The quantitative estimate of drug-likeness (QED) is 0.639. The van der Waals surface area contributed by atoms with E-state index in [-0.39, 0.29) is 0 Å². The molecule has 2 N–H and O–H groups in total. The molecule has 0 aromatic heterocycles. The van der Waals surface area contributed by atoms with Gasteiger partial charge in [-0.2, -0.15) is 0 Å². The number of likely N-dealkylation sites (N-methyl/N-ethyl adjacent to an activating group) is 2. The standard InChI is InChI=1S/C14H24N4/c1-5-18(12(2)11-17(3)4)14(15)16-13-9-7-6-8-10-13/h6-10,12H,5,11H2,1-4H3,(H2,15,16). The lowest BCUT2D eigenvalue weighted by atomic mass is 10.2. The largest absolute Gasteiger partial charge is 0.369 e. The zero-order valence-electron chi connectivity index (χ0n) is 11.8. The smallest absolute Gasteiger partial charge is 0.196 e. The molecule has 0 saturated heterocycles. The highest BCUT2D eigenvalue weighted by molar-refractivity contribution is 5.81. The molecule has 0 aliphatic rings. The molecule has 0 radical (unpaired) electrons. The zero-order chi connectivity index (χ0) is 13.5. The van der Waals surface area contributed by atoms with Crippen LogP contribution >= 0.6 is 0 Å². The van der Waals surface area contributed by atoms with E-state index in [1.807, 2.05) is 30.3 Å². The lowest BCUT2D eigenvalue weighted by Crippen LogP contribution is -2.47. The van der Waals surface area contributed by atoms with Crippen LogP contribution in [0.5, 0.6) is 0 Å². The highest BCUT2D eigenvalue weighted by atomic mass is 15.3. The fourth-order valence-corrected chi connectivity index (χ4v) is 2.03. The van der Waals surface area contributed by atoms with Crippen molar-refractivity contribution in [2.75, 3.05) is 27.2 Å². The molecule has 0 saturated carbocycles. The Morgan fingerprint density at radius 1 is 1.28 bits per heavy atom. The summed E-state index contributed by atoms with van der Waals surface area (Å²) in [7, 11) is 4.13. The minimum atomic E-state index is 0.345. The van der Waals surface area contributed by atoms with Gasteiger partial charge in [0, 0.05) is 19.1 Å². The first-order valence-electron chi connectivity index (χ1n) is 6.35. The predicted octanol–water partition coefficient (Wildman–Crippen LogP) is 1.90. The molecule has 1 atom stereocenters. The molecule has 4 heteroatoms. The number of para-hydroxylation sites is 1. The van der Waals surface area contributed by atoms with Gasteiger partial charge in [-0.15, -0.1) is 0 Å². The monoisotopic (exact) mass is 248 g/mol. The van der Waals surface area contributed by atoms with E-state index < -0.39 is 0 Å². The van der Waals surface area contributed by atoms with Gasteiger partial charge in [0.25, 0.3) is 0 Å². The fraction of sp³-hybridized carbons (Fsp3) is 0.500. The zero-order valence-corrected chi connectivity index (χ0v) is 11.8. The van der Waals surface area contributed by atoms with Crippen LogP contribution in [0.4, 0.5) is 5.69 Å². The molecule has 1 aromatic rings. The van der Waals surface area contributed by atoms with Crippen molar-refractivity contribution in [2.24, 2.45) is 10.7 Å². The molecular formula is C14H24N4. The summed E-state index contributed by atoms with van der Waals surface area (Å²) in [6.45, 7) is 6.08. The third-order valence-corrected chi connectivity index (χ3v) is 2.80. The first-order chi connectivity index (χ1) is 8.54. The molecule has 1 aromatic carbocycles. The molecule has 18 heavy (non-hydrogen) atoms. The molecule has 0 bridgehead atoms. The third kappa shape index (κ3) is 4.37. The van der Waals surface area contributed by atoms with Crippen LogP contribution in [-0.4, -0.2) is 49.0 Å². The number of aliphatic imine (C=N–C) groups is 1. The maximum absolute atomic E-state index is 6.09. The Morgan fingerprint density at radius 3 is 2.39 bits per heavy atom. The minimum Gasteiger partial charge on any atom is -0.369 e. The Labute approximate surface area is 110 Å². The van der Waals surface area contributed by atoms with Gasteiger partial charge >= 0.3 is 0 Å². The molecule has 0 amide bonds. The second-order valence-electron chi connectivity index (χ2n) is 4.70. The molecule has 0 aliphatic carbocycles. The number of nitrogens with two attached hydrogens (primary N) is 1. The molecular weight excluding hydrogens is 224 g/mol. The van der Waals surface area contributed by atoms with E-state index in [0.29, 0.717) is 12.0 Å². The summed E-state index contributed by atoms with van der Waals surface area (Å²) in [6.07, 6.45) is 0. The second kappa shape index (κ2) is 7.01. The maximum Gasteiger partial charge on any atom is 0.196 e. The van der Waals surface area contributed by atoms with Crippen molar-refractivity contribution >= 4 is 11.6 Å². The van der Waals surface area contributed by atoms with E-state index in [9.17, 15) is 0 Å². The van der Waals surface area contributed by atoms with Gasteiger partial charge in [-0.3, -0.25) is 0 Å². The Balaban J connectivity index is 2.78. The first kappa shape index (κ1) is 14.5. The SMILES string of the molecule is CCN(C(N)=Nc1ccccc1)C(C)CN(C)C. The average Bonchev–Trinajstić information content (AvgIpc) is 2.30. The van der Waals surface area contributed by atoms with Crippen molar-refractivity contribution in [1.82, 2.24) is 9.80 Å². The summed E-state index contributed by atoms with van der Waals surface area (Å²) in [6, 6.07) is 10.2. The number of hydrogen-bond acceptors (Lipinski definition) is 2. The summed E-state index contributed by atoms with van der Waals surface area (Å²) in [5, 5.41) is 0. The van der Waals surface area contributed by atoms with Crippen molar-refractivity contribution in [1.29, 1.82) is 0 Å². The Morgan fingerprint density at radius 2 is 1.89 bits per heavy atom. The lowest BCUT2D eigenvalue weighted by Gasteiger charge is -2.30. The topological polar surface area (TPSA) is 44.9 Å². The van der Waals surface area contributed by atoms with Crippen LogP contribution in [-0.2, 0) is 0 Å².